The van der Waals surface area contributed by atoms with Crippen LogP contribution >= 0.6 is 11.6 Å². The van der Waals surface area contributed by atoms with E-state index < -0.39 is 4.92 Å². The van der Waals surface area contributed by atoms with Crippen LogP contribution in [-0.2, 0) is 0 Å². The number of aliphatic hydroxyl groups is 1. The Morgan fingerprint density at radius 1 is 1.40 bits per heavy atom. The Balaban J connectivity index is 1.98. The second-order valence-corrected chi connectivity index (χ2v) is 5.07. The number of aromatic nitrogens is 1. The second-order valence-electron chi connectivity index (χ2n) is 4.66. The zero-order valence-corrected chi connectivity index (χ0v) is 11.8. The van der Waals surface area contributed by atoms with Crippen molar-refractivity contribution in [2.45, 2.75) is 6.42 Å². The average molecular weight is 301 g/mol. The van der Waals surface area contributed by atoms with Crippen LogP contribution in [0.25, 0.3) is 0 Å². The second kappa shape index (κ2) is 6.83. The molecule has 1 aromatic heterocycles. The maximum atomic E-state index is 10.7. The van der Waals surface area contributed by atoms with Gasteiger partial charge in [0.25, 0.3) is 5.69 Å². The molecule has 0 atom stereocenters. The summed E-state index contributed by atoms with van der Waals surface area (Å²) in [6.07, 6.45) is 2.01. The Hall–Kier alpha value is -1.44. The van der Waals surface area contributed by atoms with E-state index in [0.29, 0.717) is 10.8 Å². The van der Waals surface area contributed by atoms with E-state index in [0.717, 1.165) is 39.1 Å². The summed E-state index contributed by atoms with van der Waals surface area (Å²) in [5, 5.41) is 19.8. The van der Waals surface area contributed by atoms with Gasteiger partial charge in [-0.3, -0.25) is 15.0 Å². The molecule has 1 aliphatic rings. The molecule has 0 spiro atoms. The van der Waals surface area contributed by atoms with Crippen LogP contribution in [-0.4, -0.2) is 59.2 Å². The van der Waals surface area contributed by atoms with Gasteiger partial charge in [-0.15, -0.1) is 0 Å². The number of pyridine rings is 1. The summed E-state index contributed by atoms with van der Waals surface area (Å²) in [7, 11) is 0. The van der Waals surface area contributed by atoms with Gasteiger partial charge in [0.05, 0.1) is 9.95 Å². The molecule has 20 heavy (non-hydrogen) atoms. The molecule has 1 aliphatic heterocycles. The average Bonchev–Trinajstić information content (AvgIpc) is 2.45. The molecule has 0 aliphatic carbocycles. The van der Waals surface area contributed by atoms with Gasteiger partial charge in [-0.1, -0.05) is 11.6 Å². The quantitative estimate of drug-likeness (QED) is 0.649. The lowest BCUT2D eigenvalue weighted by Gasteiger charge is -2.35. The van der Waals surface area contributed by atoms with Crippen LogP contribution in [0.1, 0.15) is 6.42 Å². The van der Waals surface area contributed by atoms with Crippen molar-refractivity contribution in [2.24, 2.45) is 0 Å². The van der Waals surface area contributed by atoms with Crippen molar-refractivity contribution in [2.75, 3.05) is 44.2 Å². The number of rotatable bonds is 5. The van der Waals surface area contributed by atoms with E-state index in [2.05, 4.69) is 9.88 Å². The molecule has 0 unspecified atom stereocenters. The maximum Gasteiger partial charge on any atom is 0.289 e. The van der Waals surface area contributed by atoms with Crippen molar-refractivity contribution in [3.05, 3.63) is 27.4 Å². The van der Waals surface area contributed by atoms with E-state index in [1.54, 1.807) is 0 Å². The summed E-state index contributed by atoms with van der Waals surface area (Å²) in [4.78, 5) is 18.5. The lowest BCUT2D eigenvalue weighted by Crippen LogP contribution is -2.47. The monoisotopic (exact) mass is 300 g/mol. The highest BCUT2D eigenvalue weighted by Gasteiger charge is 2.21. The van der Waals surface area contributed by atoms with Crippen LogP contribution < -0.4 is 4.90 Å². The molecule has 1 N–H and O–H groups in total. The zero-order valence-electron chi connectivity index (χ0n) is 11.0. The molecule has 2 rings (SSSR count). The standard InChI is InChI=1S/C12H17ClN4O3/c13-11-8-10(17(19)20)9-14-12(11)16-5-3-15(4-6-16)2-1-7-18/h8-9,18H,1-7H2. The lowest BCUT2D eigenvalue weighted by molar-refractivity contribution is -0.385. The first kappa shape index (κ1) is 15.0. The van der Waals surface area contributed by atoms with Gasteiger partial charge in [-0.2, -0.15) is 0 Å². The van der Waals surface area contributed by atoms with Crippen LogP contribution in [0.5, 0.6) is 0 Å². The van der Waals surface area contributed by atoms with Gasteiger partial charge in [0.15, 0.2) is 0 Å². The first-order chi connectivity index (χ1) is 9.61. The van der Waals surface area contributed by atoms with Crippen molar-refractivity contribution in [1.29, 1.82) is 0 Å². The Morgan fingerprint density at radius 2 is 2.10 bits per heavy atom. The van der Waals surface area contributed by atoms with Crippen LogP contribution in [0.4, 0.5) is 11.5 Å². The predicted octanol–water partition coefficient (Wildman–Crippen LogP) is 1.15. The highest BCUT2D eigenvalue weighted by Crippen LogP contribution is 2.27. The third kappa shape index (κ3) is 3.56. The van der Waals surface area contributed by atoms with Gasteiger partial charge < -0.3 is 10.0 Å². The zero-order chi connectivity index (χ0) is 14.5. The van der Waals surface area contributed by atoms with Crippen LogP contribution in [0, 0.1) is 10.1 Å². The normalized spacial score (nSPS) is 16.4. The number of piperazine rings is 1. The van der Waals surface area contributed by atoms with Gasteiger partial charge >= 0.3 is 0 Å². The molecule has 110 valence electrons. The molecule has 1 saturated heterocycles. The fourth-order valence-corrected chi connectivity index (χ4v) is 2.51. The SMILES string of the molecule is O=[N+]([O-])c1cnc(N2CCN(CCCO)CC2)c(Cl)c1. The van der Waals surface area contributed by atoms with E-state index in [9.17, 15) is 10.1 Å². The molecular weight excluding hydrogens is 284 g/mol. The van der Waals surface area contributed by atoms with E-state index in [-0.39, 0.29) is 12.3 Å². The van der Waals surface area contributed by atoms with Crippen LogP contribution in [0.15, 0.2) is 12.3 Å². The Bertz CT molecular complexity index is 478. The largest absolute Gasteiger partial charge is 0.396 e. The fraction of sp³-hybridized carbons (Fsp3) is 0.583. The van der Waals surface area contributed by atoms with E-state index in [4.69, 9.17) is 16.7 Å². The topological polar surface area (TPSA) is 82.7 Å². The summed E-state index contributed by atoms with van der Waals surface area (Å²) in [5.74, 6) is 0.596. The molecule has 0 radical (unpaired) electrons. The predicted molar refractivity (Wildman–Crippen MR) is 76.3 cm³/mol. The summed E-state index contributed by atoms with van der Waals surface area (Å²) in [6.45, 7) is 4.37. The molecule has 0 bridgehead atoms. The van der Waals surface area contributed by atoms with Gasteiger partial charge in [-0.25, -0.2) is 4.98 Å². The van der Waals surface area contributed by atoms with Gasteiger partial charge in [0.1, 0.15) is 12.0 Å². The number of hydrogen-bond donors (Lipinski definition) is 1. The van der Waals surface area contributed by atoms with E-state index in [1.807, 2.05) is 4.90 Å². The van der Waals surface area contributed by atoms with Crippen molar-refractivity contribution in [3.8, 4) is 0 Å². The van der Waals surface area contributed by atoms with Crippen LogP contribution in [0.2, 0.25) is 5.02 Å². The summed E-state index contributed by atoms with van der Waals surface area (Å²) < 4.78 is 0. The lowest BCUT2D eigenvalue weighted by atomic mass is 10.3. The number of anilines is 1. The van der Waals surface area contributed by atoms with E-state index >= 15 is 0 Å². The Labute approximate surface area is 121 Å². The number of nitrogens with zero attached hydrogens (tertiary/aromatic N) is 4. The van der Waals surface area contributed by atoms with Crippen molar-refractivity contribution in [3.63, 3.8) is 0 Å². The van der Waals surface area contributed by atoms with Gasteiger partial charge in [-0.05, 0) is 6.42 Å². The summed E-state index contributed by atoms with van der Waals surface area (Å²) >= 11 is 6.07. The Morgan fingerprint density at radius 3 is 2.65 bits per heavy atom. The van der Waals surface area contributed by atoms with Crippen molar-refractivity contribution < 1.29 is 10.0 Å². The number of halogens is 1. The molecular formula is C12H17ClN4O3. The molecule has 8 heteroatoms. The molecule has 2 heterocycles. The number of hydrogen-bond acceptors (Lipinski definition) is 6. The van der Waals surface area contributed by atoms with Crippen molar-refractivity contribution in [1.82, 2.24) is 9.88 Å². The minimum Gasteiger partial charge on any atom is -0.396 e. The molecule has 1 aromatic rings. The maximum absolute atomic E-state index is 10.7. The minimum absolute atomic E-state index is 0.0969. The first-order valence-electron chi connectivity index (χ1n) is 6.50. The fourth-order valence-electron chi connectivity index (χ4n) is 2.23. The molecule has 0 saturated carbocycles. The van der Waals surface area contributed by atoms with Gasteiger partial charge in [0.2, 0.25) is 0 Å². The first-order valence-corrected chi connectivity index (χ1v) is 6.87. The smallest absolute Gasteiger partial charge is 0.289 e. The molecule has 7 nitrogen and oxygen atoms in total. The van der Waals surface area contributed by atoms with Crippen LogP contribution in [0.3, 0.4) is 0 Å². The molecule has 1 fully saturated rings. The molecule has 0 aromatic carbocycles. The summed E-state index contributed by atoms with van der Waals surface area (Å²) in [6, 6.07) is 1.34. The highest BCUT2D eigenvalue weighted by molar-refractivity contribution is 6.33. The highest BCUT2D eigenvalue weighted by atomic mass is 35.5. The number of aliphatic hydroxyl groups excluding tert-OH is 1. The van der Waals surface area contributed by atoms with Gasteiger partial charge in [0, 0.05) is 45.4 Å². The number of nitro groups is 1. The minimum atomic E-state index is -0.504. The Kier molecular flexibility index (Phi) is 5.11. The summed E-state index contributed by atoms with van der Waals surface area (Å²) in [5.41, 5.74) is -0.0969. The third-order valence-corrected chi connectivity index (χ3v) is 3.60. The third-order valence-electron chi connectivity index (χ3n) is 3.32. The molecule has 0 amide bonds. The van der Waals surface area contributed by atoms with Crippen molar-refractivity contribution >= 4 is 23.1 Å². The van der Waals surface area contributed by atoms with E-state index in [1.165, 1.54) is 12.3 Å².